The van der Waals surface area contributed by atoms with Crippen LogP contribution in [-0.4, -0.2) is 27.2 Å². The molecule has 1 aliphatic carbocycles. The molecule has 2 N–H and O–H groups in total. The summed E-state index contributed by atoms with van der Waals surface area (Å²) in [5.74, 6) is -0.463. The molecule has 0 bridgehead atoms. The third kappa shape index (κ3) is 2.45. The van der Waals surface area contributed by atoms with Gasteiger partial charge < -0.3 is 4.74 Å². The summed E-state index contributed by atoms with van der Waals surface area (Å²) in [6.07, 6.45) is 2.63. The lowest BCUT2D eigenvalue weighted by Gasteiger charge is -2.38. The zero-order valence-corrected chi connectivity index (χ0v) is 8.97. The maximum absolute atomic E-state index is 11.4. The van der Waals surface area contributed by atoms with E-state index in [0.717, 1.165) is 6.42 Å². The molecule has 0 heterocycles. The molecule has 14 heavy (non-hydrogen) atoms. The van der Waals surface area contributed by atoms with Gasteiger partial charge in [0.15, 0.2) is 0 Å². The molecule has 0 unspecified atom stereocenters. The molecule has 5 nitrogen and oxygen atoms in total. The monoisotopic (exact) mass is 221 g/mol. The van der Waals surface area contributed by atoms with Gasteiger partial charge in [-0.05, 0) is 19.3 Å². The number of carbonyl (C=O) groups excluding carboxylic acids is 1. The lowest BCUT2D eigenvalue weighted by molar-refractivity contribution is -0.158. The first kappa shape index (κ1) is 11.5. The van der Waals surface area contributed by atoms with E-state index in [0.29, 0.717) is 12.8 Å². The summed E-state index contributed by atoms with van der Waals surface area (Å²) in [4.78, 5) is 11.4. The van der Waals surface area contributed by atoms with Gasteiger partial charge in [-0.2, -0.15) is 0 Å². The van der Waals surface area contributed by atoms with Crippen LogP contribution in [-0.2, 0) is 19.6 Å². The maximum Gasteiger partial charge on any atom is 0.311 e. The van der Waals surface area contributed by atoms with Gasteiger partial charge in [-0.1, -0.05) is 6.42 Å². The molecule has 0 amide bonds. The van der Waals surface area contributed by atoms with Gasteiger partial charge in [0.2, 0.25) is 10.0 Å². The van der Waals surface area contributed by atoms with Crippen molar-refractivity contribution < 1.29 is 17.9 Å². The van der Waals surface area contributed by atoms with E-state index in [1.165, 1.54) is 7.11 Å². The van der Waals surface area contributed by atoms with Crippen LogP contribution < -0.4 is 5.14 Å². The first-order valence-electron chi connectivity index (χ1n) is 4.48. The van der Waals surface area contributed by atoms with Crippen molar-refractivity contribution >= 4 is 16.0 Å². The van der Waals surface area contributed by atoms with Crippen molar-refractivity contribution in [1.82, 2.24) is 0 Å². The largest absolute Gasteiger partial charge is 0.469 e. The minimum atomic E-state index is -3.48. The molecule has 0 aromatic rings. The van der Waals surface area contributed by atoms with E-state index in [1.807, 2.05) is 0 Å². The SMILES string of the molecule is COC(=O)C1(CCS(N)(=O)=O)CCC1. The Bertz CT molecular complexity index is 318. The van der Waals surface area contributed by atoms with Crippen molar-refractivity contribution in [2.75, 3.05) is 12.9 Å². The smallest absolute Gasteiger partial charge is 0.311 e. The Labute approximate surface area is 83.7 Å². The van der Waals surface area contributed by atoms with Crippen LogP contribution in [0.4, 0.5) is 0 Å². The summed E-state index contributed by atoms with van der Waals surface area (Å²) in [6, 6.07) is 0. The third-order valence-corrected chi connectivity index (χ3v) is 3.57. The average Bonchev–Trinajstić information content (AvgIpc) is 1.99. The van der Waals surface area contributed by atoms with Crippen LogP contribution in [0, 0.1) is 5.41 Å². The van der Waals surface area contributed by atoms with Gasteiger partial charge in [-0.15, -0.1) is 0 Å². The number of hydrogen-bond donors (Lipinski definition) is 1. The van der Waals surface area contributed by atoms with E-state index >= 15 is 0 Å². The number of nitrogens with two attached hydrogens (primary N) is 1. The summed E-state index contributed by atoms with van der Waals surface area (Å²) in [5, 5.41) is 4.88. The number of primary sulfonamides is 1. The Kier molecular flexibility index (Phi) is 3.16. The summed E-state index contributed by atoms with van der Waals surface area (Å²) < 4.78 is 26.2. The van der Waals surface area contributed by atoms with E-state index in [4.69, 9.17) is 5.14 Å². The number of methoxy groups -OCH3 is 1. The van der Waals surface area contributed by atoms with Crippen LogP contribution >= 0.6 is 0 Å². The van der Waals surface area contributed by atoms with Gasteiger partial charge >= 0.3 is 5.97 Å². The van der Waals surface area contributed by atoms with Crippen LogP contribution in [0.1, 0.15) is 25.7 Å². The van der Waals surface area contributed by atoms with Gasteiger partial charge in [0.05, 0.1) is 18.3 Å². The zero-order valence-electron chi connectivity index (χ0n) is 8.15. The Hall–Kier alpha value is -0.620. The third-order valence-electron chi connectivity index (χ3n) is 2.79. The molecule has 1 saturated carbocycles. The number of carbonyl (C=O) groups is 1. The topological polar surface area (TPSA) is 86.5 Å². The molecule has 82 valence electrons. The molecule has 0 radical (unpaired) electrons. The number of rotatable bonds is 4. The molecule has 0 aromatic carbocycles. The van der Waals surface area contributed by atoms with E-state index in [9.17, 15) is 13.2 Å². The molecule has 0 aliphatic heterocycles. The fourth-order valence-corrected chi connectivity index (χ4v) is 2.39. The Morgan fingerprint density at radius 1 is 1.50 bits per heavy atom. The van der Waals surface area contributed by atoms with Crippen LogP contribution in [0.3, 0.4) is 0 Å². The second-order valence-corrected chi connectivity index (χ2v) is 5.48. The molecule has 1 rings (SSSR count). The Morgan fingerprint density at radius 3 is 2.36 bits per heavy atom. The average molecular weight is 221 g/mol. The fraction of sp³-hybridized carbons (Fsp3) is 0.875. The van der Waals surface area contributed by atoms with E-state index in [2.05, 4.69) is 4.74 Å². The van der Waals surface area contributed by atoms with Crippen LogP contribution in [0.25, 0.3) is 0 Å². The highest BCUT2D eigenvalue weighted by molar-refractivity contribution is 7.89. The molecular weight excluding hydrogens is 206 g/mol. The highest BCUT2D eigenvalue weighted by Gasteiger charge is 2.45. The second-order valence-electron chi connectivity index (χ2n) is 3.74. The van der Waals surface area contributed by atoms with Crippen LogP contribution in [0.2, 0.25) is 0 Å². The lowest BCUT2D eigenvalue weighted by atomic mass is 9.67. The predicted molar refractivity (Wildman–Crippen MR) is 50.9 cm³/mol. The van der Waals surface area contributed by atoms with E-state index in [1.54, 1.807) is 0 Å². The van der Waals surface area contributed by atoms with Gasteiger partial charge in [0, 0.05) is 0 Å². The molecule has 0 atom stereocenters. The fourth-order valence-electron chi connectivity index (χ4n) is 1.71. The number of sulfonamides is 1. The number of esters is 1. The quantitative estimate of drug-likeness (QED) is 0.677. The van der Waals surface area contributed by atoms with Gasteiger partial charge in [-0.25, -0.2) is 13.6 Å². The van der Waals surface area contributed by atoms with Crippen molar-refractivity contribution in [3.8, 4) is 0 Å². The highest BCUT2D eigenvalue weighted by atomic mass is 32.2. The minimum Gasteiger partial charge on any atom is -0.469 e. The minimum absolute atomic E-state index is 0.151. The summed E-state index contributed by atoms with van der Waals surface area (Å²) >= 11 is 0. The maximum atomic E-state index is 11.4. The summed E-state index contributed by atoms with van der Waals surface area (Å²) in [5.41, 5.74) is -0.582. The van der Waals surface area contributed by atoms with Gasteiger partial charge in [0.1, 0.15) is 0 Å². The first-order chi connectivity index (χ1) is 6.40. The summed E-state index contributed by atoms with van der Waals surface area (Å²) in [6.45, 7) is 0. The summed E-state index contributed by atoms with van der Waals surface area (Å²) in [7, 11) is -2.16. The Balaban J connectivity index is 2.59. The van der Waals surface area contributed by atoms with Gasteiger partial charge in [-0.3, -0.25) is 4.79 Å². The molecule has 6 heteroatoms. The standard InChI is InChI=1S/C8H15NO4S/c1-13-7(10)8(3-2-4-8)5-6-14(9,11)12/h2-6H2,1H3,(H2,9,11,12). The molecule has 0 spiro atoms. The normalized spacial score (nSPS) is 19.9. The number of hydrogen-bond acceptors (Lipinski definition) is 4. The molecular formula is C8H15NO4S. The van der Waals surface area contributed by atoms with Crippen molar-refractivity contribution in [1.29, 1.82) is 0 Å². The van der Waals surface area contributed by atoms with Crippen molar-refractivity contribution in [3.63, 3.8) is 0 Å². The zero-order chi connectivity index (χ0) is 10.8. The van der Waals surface area contributed by atoms with Crippen molar-refractivity contribution in [2.24, 2.45) is 10.6 Å². The van der Waals surface area contributed by atoms with E-state index < -0.39 is 15.4 Å². The molecule has 0 saturated heterocycles. The van der Waals surface area contributed by atoms with Crippen LogP contribution in [0.15, 0.2) is 0 Å². The number of ether oxygens (including phenoxy) is 1. The molecule has 1 fully saturated rings. The lowest BCUT2D eigenvalue weighted by Crippen LogP contribution is -2.41. The van der Waals surface area contributed by atoms with Crippen LogP contribution in [0.5, 0.6) is 0 Å². The molecule has 0 aromatic heterocycles. The molecule has 1 aliphatic rings. The second kappa shape index (κ2) is 3.86. The van der Waals surface area contributed by atoms with E-state index in [-0.39, 0.29) is 18.1 Å². The van der Waals surface area contributed by atoms with Gasteiger partial charge in [0.25, 0.3) is 0 Å². The Morgan fingerprint density at radius 2 is 2.07 bits per heavy atom. The first-order valence-corrected chi connectivity index (χ1v) is 6.20. The highest BCUT2D eigenvalue weighted by Crippen LogP contribution is 2.45. The van der Waals surface area contributed by atoms with Crippen molar-refractivity contribution in [2.45, 2.75) is 25.7 Å². The predicted octanol–water partition coefficient (Wildman–Crippen LogP) is 0.00830. The van der Waals surface area contributed by atoms with Crippen molar-refractivity contribution in [3.05, 3.63) is 0 Å².